The van der Waals surface area contributed by atoms with Crippen LogP contribution in [-0.4, -0.2) is 30.7 Å². The van der Waals surface area contributed by atoms with Crippen LogP contribution in [0.3, 0.4) is 0 Å². The number of hydrogen-bond acceptors (Lipinski definition) is 3. The number of carboxylic acid groups (broad SMARTS) is 1. The number of benzene rings is 3. The Morgan fingerprint density at radius 1 is 0.949 bits per heavy atom. The lowest BCUT2D eigenvalue weighted by Crippen LogP contribution is -2.45. The molecule has 0 saturated carbocycles. The molecule has 0 spiro atoms. The summed E-state index contributed by atoms with van der Waals surface area (Å²) in [6.45, 7) is 3.08. The average Bonchev–Trinajstić information content (AvgIpc) is 2.94. The number of carboxylic acids is 1. The van der Waals surface area contributed by atoms with E-state index in [1.165, 1.54) is 33.2 Å². The number of halogens is 2. The summed E-state index contributed by atoms with van der Waals surface area (Å²) in [7, 11) is 0. The molecule has 3 aromatic carbocycles. The van der Waals surface area contributed by atoms with Gasteiger partial charge in [-0.2, -0.15) is 0 Å². The Kier molecular flexibility index (Phi) is 5.42. The van der Waals surface area contributed by atoms with Crippen LogP contribution in [0.25, 0.3) is 5.57 Å². The number of nitrogens with one attached hydrogen (secondary N) is 1. The summed E-state index contributed by atoms with van der Waals surface area (Å²) >= 11 is 13.5. The third kappa shape index (κ3) is 3.43. The third-order valence-corrected chi connectivity index (χ3v) is 9.97. The van der Waals surface area contributed by atoms with Gasteiger partial charge < -0.3 is 15.2 Å². The van der Waals surface area contributed by atoms with E-state index in [1.54, 1.807) is 12.1 Å². The number of fused-ring (bicyclic) bond motifs is 4. The van der Waals surface area contributed by atoms with Crippen LogP contribution >= 0.6 is 23.2 Å². The van der Waals surface area contributed by atoms with Crippen LogP contribution < -0.4 is 25.2 Å². The average molecular weight is 561 g/mol. The first kappa shape index (κ1) is 24.0. The highest BCUT2D eigenvalue weighted by molar-refractivity contribution is 6.37. The van der Waals surface area contributed by atoms with Crippen molar-refractivity contribution in [2.24, 2.45) is 0 Å². The number of nitrogens with zero attached hydrogens (tertiary/aromatic N) is 1. The molecule has 7 heteroatoms. The van der Waals surface area contributed by atoms with Gasteiger partial charge in [-0.1, -0.05) is 23.2 Å². The highest BCUT2D eigenvalue weighted by atomic mass is 35.5. The second-order valence-corrected chi connectivity index (χ2v) is 12.3. The first-order chi connectivity index (χ1) is 19.0. The van der Waals surface area contributed by atoms with Crippen molar-refractivity contribution in [1.29, 1.82) is 0 Å². The van der Waals surface area contributed by atoms with Crippen molar-refractivity contribution in [3.63, 3.8) is 0 Å². The Morgan fingerprint density at radius 2 is 1.74 bits per heavy atom. The van der Waals surface area contributed by atoms with Crippen LogP contribution in [-0.2, 0) is 25.7 Å². The van der Waals surface area contributed by atoms with Gasteiger partial charge in [0.15, 0.2) is 0 Å². The maximum absolute atomic E-state index is 12.7. The summed E-state index contributed by atoms with van der Waals surface area (Å²) in [6.07, 6.45) is 8.25. The molecule has 0 aromatic heterocycles. The van der Waals surface area contributed by atoms with Gasteiger partial charge in [0.25, 0.3) is 0 Å². The first-order valence-corrected chi connectivity index (χ1v) is 14.9. The van der Waals surface area contributed by atoms with E-state index in [2.05, 4.69) is 22.0 Å². The fourth-order valence-electron chi connectivity index (χ4n) is 7.86. The van der Waals surface area contributed by atoms with Gasteiger partial charge in [0, 0.05) is 57.0 Å². The van der Waals surface area contributed by atoms with E-state index in [4.69, 9.17) is 27.9 Å². The van der Waals surface area contributed by atoms with Crippen molar-refractivity contribution >= 4 is 34.7 Å². The van der Waals surface area contributed by atoms with Gasteiger partial charge in [0.2, 0.25) is 5.36 Å². The predicted molar refractivity (Wildman–Crippen MR) is 152 cm³/mol. The lowest BCUT2D eigenvalue weighted by atomic mass is 9.77. The molecule has 0 saturated heterocycles. The van der Waals surface area contributed by atoms with Gasteiger partial charge in [-0.15, -0.1) is 0 Å². The number of ether oxygens (including phenoxy) is 1. The summed E-state index contributed by atoms with van der Waals surface area (Å²) in [5, 5.41) is 16.9. The molecule has 39 heavy (non-hydrogen) atoms. The molecule has 0 bridgehead atoms. The normalized spacial score (nSPS) is 20.4. The van der Waals surface area contributed by atoms with E-state index in [1.807, 2.05) is 0 Å². The molecule has 2 N–H and O–H groups in total. The molecular formula is C32H29Cl2N2O3+. The summed E-state index contributed by atoms with van der Waals surface area (Å²) in [6, 6.07) is 8.16. The Hall–Kier alpha value is -2.86. The third-order valence-electron chi connectivity index (χ3n) is 9.34. The van der Waals surface area contributed by atoms with Gasteiger partial charge in [-0.05, 0) is 80.5 Å². The van der Waals surface area contributed by atoms with Crippen molar-refractivity contribution in [3.05, 3.63) is 89.4 Å². The molecule has 3 aromatic rings. The van der Waals surface area contributed by atoms with Crippen molar-refractivity contribution in [3.8, 4) is 11.5 Å². The zero-order valence-corrected chi connectivity index (χ0v) is 23.1. The van der Waals surface area contributed by atoms with Gasteiger partial charge >= 0.3 is 5.97 Å². The van der Waals surface area contributed by atoms with Gasteiger partial charge in [0.05, 0.1) is 16.1 Å². The van der Waals surface area contributed by atoms with Gasteiger partial charge in [0.1, 0.15) is 24.6 Å². The van der Waals surface area contributed by atoms with E-state index in [0.29, 0.717) is 16.6 Å². The monoisotopic (exact) mass is 559 g/mol. The predicted octanol–water partition coefficient (Wildman–Crippen LogP) is 4.95. The zero-order valence-electron chi connectivity index (χ0n) is 21.6. The molecule has 4 aliphatic heterocycles. The number of rotatable bonds is 2. The van der Waals surface area contributed by atoms with Crippen molar-refractivity contribution in [2.75, 3.05) is 19.6 Å². The minimum absolute atomic E-state index is 0.0527. The second kappa shape index (κ2) is 8.82. The molecule has 0 fully saturated rings. The lowest BCUT2D eigenvalue weighted by molar-refractivity contribution is 0.0696. The van der Waals surface area contributed by atoms with Gasteiger partial charge in [-0.25, -0.2) is 9.37 Å². The van der Waals surface area contributed by atoms with Crippen LogP contribution in [0.4, 0.5) is 0 Å². The number of aromatic carboxylic acids is 1. The van der Waals surface area contributed by atoms with Gasteiger partial charge in [-0.3, -0.25) is 0 Å². The van der Waals surface area contributed by atoms with E-state index in [9.17, 15) is 9.90 Å². The summed E-state index contributed by atoms with van der Waals surface area (Å²) in [4.78, 5) is 12.7. The van der Waals surface area contributed by atoms with E-state index in [-0.39, 0.29) is 10.6 Å². The SMILES string of the molecule is O=C(O)c1c(Cl)ccc(Cl)c1C1=c2cc3c4c(c2Oc2c1cc1c5c2CCCC5NCC1)CCC[N+]=4CCC3. The summed E-state index contributed by atoms with van der Waals surface area (Å²) in [5.74, 6) is 0.673. The molecule has 8 rings (SSSR count). The molecule has 1 aliphatic carbocycles. The van der Waals surface area contributed by atoms with Crippen LogP contribution in [0.5, 0.6) is 11.5 Å². The number of carbonyl (C=O) groups is 1. The van der Waals surface area contributed by atoms with Crippen LogP contribution in [0.1, 0.15) is 81.0 Å². The van der Waals surface area contributed by atoms with Crippen molar-refractivity contribution in [2.45, 2.75) is 57.4 Å². The molecular weight excluding hydrogens is 531 g/mol. The molecule has 0 radical (unpaired) electrons. The maximum Gasteiger partial charge on any atom is 0.337 e. The molecule has 198 valence electrons. The quantitative estimate of drug-likeness (QED) is 0.341. The Balaban J connectivity index is 1.57. The standard InChI is InChI=1S/C32H28Cl2N2O3/c33-22-8-9-23(34)28(32(37)38)27(22)26-20-14-16-10-11-35-24-7-1-5-18(25(16)24)30(20)39-31-19-6-3-13-36-12-2-4-17(29(19)36)15-21(26)31/h8-9,14-15,24,35H,1-7,10-13H2/p+1. The Labute approximate surface area is 236 Å². The Morgan fingerprint density at radius 3 is 2.59 bits per heavy atom. The van der Waals surface area contributed by atoms with E-state index < -0.39 is 5.97 Å². The fourth-order valence-corrected chi connectivity index (χ4v) is 8.35. The van der Waals surface area contributed by atoms with Crippen LogP contribution in [0.15, 0.2) is 24.3 Å². The van der Waals surface area contributed by atoms with Crippen molar-refractivity contribution in [1.82, 2.24) is 9.89 Å². The van der Waals surface area contributed by atoms with E-state index >= 15 is 0 Å². The number of aryl methyl sites for hydroxylation is 1. The minimum atomic E-state index is -1.08. The first-order valence-electron chi connectivity index (χ1n) is 14.1. The molecule has 5 aliphatic rings. The highest BCUT2D eigenvalue weighted by Crippen LogP contribution is 2.49. The van der Waals surface area contributed by atoms with Crippen LogP contribution in [0, 0.1) is 0 Å². The molecule has 5 nitrogen and oxygen atoms in total. The molecule has 0 amide bonds. The summed E-state index contributed by atoms with van der Waals surface area (Å²) in [5.41, 5.74) is 8.89. The lowest BCUT2D eigenvalue weighted by Gasteiger charge is -2.37. The second-order valence-electron chi connectivity index (χ2n) is 11.4. The maximum atomic E-state index is 12.7. The molecule has 1 unspecified atom stereocenters. The van der Waals surface area contributed by atoms with E-state index in [0.717, 1.165) is 98.9 Å². The smallest absolute Gasteiger partial charge is 0.337 e. The fraction of sp³-hybridized carbons (Fsp3) is 0.375. The van der Waals surface area contributed by atoms with Crippen molar-refractivity contribution < 1.29 is 14.6 Å². The largest absolute Gasteiger partial charge is 0.478 e. The topological polar surface area (TPSA) is 61.6 Å². The Bertz CT molecular complexity index is 1750. The minimum Gasteiger partial charge on any atom is -0.478 e. The molecule has 1 atom stereocenters. The van der Waals surface area contributed by atoms with Crippen LogP contribution in [0.2, 0.25) is 10.0 Å². The zero-order chi connectivity index (χ0) is 26.4. The highest BCUT2D eigenvalue weighted by Gasteiger charge is 2.37. The summed E-state index contributed by atoms with van der Waals surface area (Å²) < 4.78 is 9.56. The molecule has 4 heterocycles. The number of hydrogen-bond donors (Lipinski definition) is 2.